The van der Waals surface area contributed by atoms with E-state index in [-0.39, 0.29) is 5.56 Å². The second kappa shape index (κ2) is 5.29. The minimum absolute atomic E-state index is 0.0151. The van der Waals surface area contributed by atoms with Gasteiger partial charge in [0.1, 0.15) is 0 Å². The lowest BCUT2D eigenvalue weighted by molar-refractivity contribution is 0.589. The first-order chi connectivity index (χ1) is 9.65. The number of fused-ring (bicyclic) bond motifs is 1. The molecule has 0 unspecified atom stereocenters. The third-order valence-corrected chi connectivity index (χ3v) is 3.96. The molecule has 2 N–H and O–H groups in total. The van der Waals surface area contributed by atoms with Crippen molar-refractivity contribution in [3.8, 4) is 0 Å². The molecule has 1 saturated heterocycles. The molecule has 0 radical (unpaired) electrons. The number of hydrogen-bond acceptors (Lipinski definition) is 3. The second-order valence-corrected chi connectivity index (χ2v) is 5.71. The van der Waals surface area contributed by atoms with Crippen molar-refractivity contribution in [2.75, 3.05) is 31.1 Å². The van der Waals surface area contributed by atoms with Crippen LogP contribution in [0.2, 0.25) is 0 Å². The molecule has 1 aromatic carbocycles. The largest absolute Gasteiger partial charge is 0.369 e. The van der Waals surface area contributed by atoms with E-state index < -0.39 is 0 Å². The summed E-state index contributed by atoms with van der Waals surface area (Å²) in [6.07, 6.45) is 0. The lowest BCUT2D eigenvalue weighted by Gasteiger charge is -2.29. The van der Waals surface area contributed by atoms with Crippen LogP contribution < -0.4 is 15.8 Å². The van der Waals surface area contributed by atoms with Crippen LogP contribution in [-0.4, -0.2) is 31.2 Å². The predicted molar refractivity (Wildman–Crippen MR) is 83.7 cm³/mol. The molecule has 0 aliphatic carbocycles. The van der Waals surface area contributed by atoms with E-state index in [1.807, 2.05) is 0 Å². The normalized spacial score (nSPS) is 16.1. The van der Waals surface area contributed by atoms with E-state index in [0.717, 1.165) is 42.6 Å². The van der Waals surface area contributed by atoms with Gasteiger partial charge in [0.05, 0.1) is 5.52 Å². The third kappa shape index (κ3) is 2.43. The molecule has 4 heteroatoms. The van der Waals surface area contributed by atoms with Crippen LogP contribution in [0.5, 0.6) is 0 Å². The summed E-state index contributed by atoms with van der Waals surface area (Å²) in [6, 6.07) is 8.13. The Hall–Kier alpha value is -1.81. The molecule has 4 nitrogen and oxygen atoms in total. The molecule has 0 atom stereocenters. The Bertz CT molecular complexity index is 669. The lowest BCUT2D eigenvalue weighted by atomic mass is 9.98. The van der Waals surface area contributed by atoms with E-state index in [0.29, 0.717) is 5.92 Å². The zero-order chi connectivity index (χ0) is 14.1. The number of aromatic nitrogens is 1. The van der Waals surface area contributed by atoms with Crippen LogP contribution in [0, 0.1) is 0 Å². The van der Waals surface area contributed by atoms with Crippen LogP contribution in [-0.2, 0) is 0 Å². The molecule has 20 heavy (non-hydrogen) atoms. The Morgan fingerprint density at radius 3 is 2.60 bits per heavy atom. The summed E-state index contributed by atoms with van der Waals surface area (Å²) in [6.45, 7) is 8.30. The van der Waals surface area contributed by atoms with Crippen molar-refractivity contribution in [3.05, 3.63) is 40.2 Å². The first-order valence-electron chi connectivity index (χ1n) is 7.28. The second-order valence-electron chi connectivity index (χ2n) is 5.71. The van der Waals surface area contributed by atoms with Gasteiger partial charge < -0.3 is 15.2 Å². The standard InChI is InChI=1S/C16H21N3O/c1-11(2)14-10-16(20)18-15-9-12(3-4-13(14)15)19-7-5-17-6-8-19/h3-4,9-11,17H,5-8H2,1-2H3,(H,18,20). The Balaban J connectivity index is 2.09. The van der Waals surface area contributed by atoms with E-state index in [9.17, 15) is 4.79 Å². The average Bonchev–Trinajstić information content (AvgIpc) is 2.46. The fourth-order valence-corrected chi connectivity index (χ4v) is 2.87. The molecule has 1 aliphatic heterocycles. The van der Waals surface area contributed by atoms with Gasteiger partial charge in [0.15, 0.2) is 0 Å². The molecule has 106 valence electrons. The Morgan fingerprint density at radius 1 is 1.15 bits per heavy atom. The van der Waals surface area contributed by atoms with E-state index in [1.54, 1.807) is 6.07 Å². The van der Waals surface area contributed by atoms with Gasteiger partial charge in [-0.2, -0.15) is 0 Å². The van der Waals surface area contributed by atoms with E-state index in [2.05, 4.69) is 47.2 Å². The van der Waals surface area contributed by atoms with Gasteiger partial charge >= 0.3 is 0 Å². The lowest BCUT2D eigenvalue weighted by Crippen LogP contribution is -2.43. The summed E-state index contributed by atoms with van der Waals surface area (Å²) >= 11 is 0. The summed E-state index contributed by atoms with van der Waals surface area (Å²) in [5.74, 6) is 0.352. The molecule has 0 spiro atoms. The minimum Gasteiger partial charge on any atom is -0.369 e. The number of nitrogens with zero attached hydrogens (tertiary/aromatic N) is 1. The van der Waals surface area contributed by atoms with Crippen molar-refractivity contribution >= 4 is 16.6 Å². The molecule has 2 aromatic rings. The van der Waals surface area contributed by atoms with Crippen molar-refractivity contribution in [1.29, 1.82) is 0 Å². The summed E-state index contributed by atoms with van der Waals surface area (Å²) in [7, 11) is 0. The highest BCUT2D eigenvalue weighted by atomic mass is 16.1. The number of anilines is 1. The number of piperazine rings is 1. The van der Waals surface area contributed by atoms with Gasteiger partial charge in [-0.1, -0.05) is 19.9 Å². The maximum Gasteiger partial charge on any atom is 0.248 e. The molecule has 1 aliphatic rings. The van der Waals surface area contributed by atoms with Gasteiger partial charge in [-0.3, -0.25) is 4.79 Å². The van der Waals surface area contributed by atoms with Crippen LogP contribution in [0.25, 0.3) is 10.9 Å². The molecule has 2 heterocycles. The molecule has 0 saturated carbocycles. The smallest absolute Gasteiger partial charge is 0.248 e. The summed E-state index contributed by atoms with van der Waals surface area (Å²) in [4.78, 5) is 17.1. The predicted octanol–water partition coefficient (Wildman–Crippen LogP) is 2.06. The van der Waals surface area contributed by atoms with Crippen LogP contribution in [0.4, 0.5) is 5.69 Å². The van der Waals surface area contributed by atoms with Crippen LogP contribution in [0.3, 0.4) is 0 Å². The molecule has 1 fully saturated rings. The monoisotopic (exact) mass is 271 g/mol. The Kier molecular flexibility index (Phi) is 3.49. The summed E-state index contributed by atoms with van der Waals surface area (Å²) < 4.78 is 0. The number of H-pyrrole nitrogens is 1. The topological polar surface area (TPSA) is 48.1 Å². The van der Waals surface area contributed by atoms with Gasteiger partial charge in [0.25, 0.3) is 0 Å². The zero-order valence-corrected chi connectivity index (χ0v) is 12.1. The van der Waals surface area contributed by atoms with Crippen molar-refractivity contribution in [1.82, 2.24) is 10.3 Å². The van der Waals surface area contributed by atoms with E-state index in [4.69, 9.17) is 0 Å². The highest BCUT2D eigenvalue weighted by Crippen LogP contribution is 2.26. The third-order valence-electron chi connectivity index (χ3n) is 3.96. The first kappa shape index (κ1) is 13.2. The van der Waals surface area contributed by atoms with Gasteiger partial charge in [-0.05, 0) is 23.6 Å². The molecule has 0 amide bonds. The number of aromatic amines is 1. The molecule has 3 rings (SSSR count). The molecular weight excluding hydrogens is 250 g/mol. The molecule has 1 aromatic heterocycles. The number of pyridine rings is 1. The fourth-order valence-electron chi connectivity index (χ4n) is 2.87. The quantitative estimate of drug-likeness (QED) is 0.879. The van der Waals surface area contributed by atoms with Crippen LogP contribution >= 0.6 is 0 Å². The molecule has 0 bridgehead atoms. The van der Waals surface area contributed by atoms with Gasteiger partial charge in [-0.15, -0.1) is 0 Å². The maximum absolute atomic E-state index is 11.8. The van der Waals surface area contributed by atoms with Crippen molar-refractivity contribution in [2.24, 2.45) is 0 Å². The first-order valence-corrected chi connectivity index (χ1v) is 7.28. The Labute approximate surface area is 118 Å². The summed E-state index contributed by atoms with van der Waals surface area (Å²) in [5.41, 5.74) is 3.24. The summed E-state index contributed by atoms with van der Waals surface area (Å²) in [5, 5.41) is 4.51. The average molecular weight is 271 g/mol. The van der Waals surface area contributed by atoms with Crippen molar-refractivity contribution in [3.63, 3.8) is 0 Å². The number of hydrogen-bond donors (Lipinski definition) is 2. The Morgan fingerprint density at radius 2 is 1.90 bits per heavy atom. The van der Waals surface area contributed by atoms with E-state index in [1.165, 1.54) is 5.69 Å². The van der Waals surface area contributed by atoms with Gasteiger partial charge in [0, 0.05) is 43.3 Å². The number of benzene rings is 1. The SMILES string of the molecule is CC(C)c1cc(=O)[nH]c2cc(N3CCNCC3)ccc12. The highest BCUT2D eigenvalue weighted by molar-refractivity contribution is 5.85. The molecular formula is C16H21N3O. The van der Waals surface area contributed by atoms with Crippen LogP contribution in [0.1, 0.15) is 25.3 Å². The number of rotatable bonds is 2. The van der Waals surface area contributed by atoms with E-state index >= 15 is 0 Å². The highest BCUT2D eigenvalue weighted by Gasteiger charge is 2.13. The van der Waals surface area contributed by atoms with Gasteiger partial charge in [0.2, 0.25) is 5.56 Å². The van der Waals surface area contributed by atoms with Crippen molar-refractivity contribution in [2.45, 2.75) is 19.8 Å². The zero-order valence-electron chi connectivity index (χ0n) is 12.1. The minimum atomic E-state index is -0.0151. The van der Waals surface area contributed by atoms with Crippen LogP contribution in [0.15, 0.2) is 29.1 Å². The maximum atomic E-state index is 11.8. The fraction of sp³-hybridized carbons (Fsp3) is 0.438. The van der Waals surface area contributed by atoms with Gasteiger partial charge in [-0.25, -0.2) is 0 Å². The number of nitrogens with one attached hydrogen (secondary N) is 2. The van der Waals surface area contributed by atoms with Crippen molar-refractivity contribution < 1.29 is 0 Å².